The zero-order valence-corrected chi connectivity index (χ0v) is 24.5. The molecule has 1 aliphatic rings. The number of nitrogens with zero attached hydrogens (tertiary/aromatic N) is 8. The standard InChI is InChI=1S/C31H32FN9O2/c1-6-28(42)41-16-20(8-7-18(41)2)39(4)27-14-11-23-30(36-27)31(34-17-33-23)35-22-10-13-26(19(3)29(22)32)43-21-9-12-25-24(15-21)37-38-40(25)5/h6,9-15,17-18,20H,1,7-8,16H2,2-5H3,(H,33,34,35)/t18-,20-/m0/s1. The summed E-state index contributed by atoms with van der Waals surface area (Å²) in [5, 5.41) is 11.2. The number of aromatic nitrogens is 6. The molecule has 1 saturated heterocycles. The first-order valence-electron chi connectivity index (χ1n) is 14.0. The van der Waals surface area contributed by atoms with E-state index < -0.39 is 5.82 Å². The molecule has 6 rings (SSSR count). The molecule has 1 amide bonds. The highest BCUT2D eigenvalue weighted by Crippen LogP contribution is 2.34. The lowest BCUT2D eigenvalue weighted by Crippen LogP contribution is -2.52. The summed E-state index contributed by atoms with van der Waals surface area (Å²) in [6.45, 7) is 7.93. The Morgan fingerprint density at radius 1 is 1.16 bits per heavy atom. The minimum Gasteiger partial charge on any atom is -0.457 e. The first kappa shape index (κ1) is 28.0. The third-order valence-electron chi connectivity index (χ3n) is 8.09. The molecule has 220 valence electrons. The molecule has 43 heavy (non-hydrogen) atoms. The molecule has 0 saturated carbocycles. The number of pyridine rings is 1. The lowest BCUT2D eigenvalue weighted by molar-refractivity contribution is -0.129. The van der Waals surface area contributed by atoms with Crippen molar-refractivity contribution >= 4 is 45.3 Å². The van der Waals surface area contributed by atoms with Gasteiger partial charge in [0.15, 0.2) is 11.6 Å². The summed E-state index contributed by atoms with van der Waals surface area (Å²) in [6, 6.07) is 12.7. The van der Waals surface area contributed by atoms with E-state index in [1.54, 1.807) is 35.9 Å². The molecule has 12 heteroatoms. The molecule has 4 heterocycles. The van der Waals surface area contributed by atoms with E-state index in [1.807, 2.05) is 37.2 Å². The van der Waals surface area contributed by atoms with E-state index in [4.69, 9.17) is 9.72 Å². The second kappa shape index (κ2) is 11.3. The van der Waals surface area contributed by atoms with Gasteiger partial charge in [-0.1, -0.05) is 11.8 Å². The van der Waals surface area contributed by atoms with E-state index in [2.05, 4.69) is 44.0 Å². The van der Waals surface area contributed by atoms with Crippen LogP contribution in [0.3, 0.4) is 0 Å². The number of aryl methyl sites for hydroxylation is 1. The van der Waals surface area contributed by atoms with Crippen LogP contribution in [0, 0.1) is 12.7 Å². The molecule has 1 aliphatic heterocycles. The van der Waals surface area contributed by atoms with Crippen molar-refractivity contribution in [2.24, 2.45) is 7.05 Å². The lowest BCUT2D eigenvalue weighted by Gasteiger charge is -2.41. The van der Waals surface area contributed by atoms with Crippen LogP contribution in [0.15, 0.2) is 61.4 Å². The number of ether oxygens (including phenoxy) is 1. The van der Waals surface area contributed by atoms with Crippen LogP contribution in [0.2, 0.25) is 0 Å². The highest BCUT2D eigenvalue weighted by Gasteiger charge is 2.30. The molecule has 0 aliphatic carbocycles. The van der Waals surface area contributed by atoms with Crippen molar-refractivity contribution in [1.29, 1.82) is 0 Å². The van der Waals surface area contributed by atoms with Gasteiger partial charge >= 0.3 is 0 Å². The maximum Gasteiger partial charge on any atom is 0.246 e. The van der Waals surface area contributed by atoms with Gasteiger partial charge in [0, 0.05) is 44.4 Å². The predicted molar refractivity (Wildman–Crippen MR) is 163 cm³/mol. The summed E-state index contributed by atoms with van der Waals surface area (Å²) in [5.41, 5.74) is 3.24. The number of likely N-dealkylation sites (tertiary alicyclic amines) is 1. The van der Waals surface area contributed by atoms with Gasteiger partial charge in [-0.2, -0.15) is 0 Å². The molecular formula is C31H32FN9O2. The zero-order chi connectivity index (χ0) is 30.2. The van der Waals surface area contributed by atoms with Crippen molar-refractivity contribution in [3.05, 3.63) is 72.8 Å². The van der Waals surface area contributed by atoms with Gasteiger partial charge in [0.25, 0.3) is 0 Å². The van der Waals surface area contributed by atoms with Crippen LogP contribution < -0.4 is 15.0 Å². The van der Waals surface area contributed by atoms with Crippen molar-refractivity contribution in [2.45, 2.75) is 38.8 Å². The molecule has 5 aromatic rings. The predicted octanol–water partition coefficient (Wildman–Crippen LogP) is 5.29. The van der Waals surface area contributed by atoms with E-state index in [0.29, 0.717) is 51.8 Å². The fourth-order valence-corrected chi connectivity index (χ4v) is 5.45. The first-order chi connectivity index (χ1) is 20.7. The van der Waals surface area contributed by atoms with Gasteiger partial charge in [0.05, 0.1) is 16.7 Å². The van der Waals surface area contributed by atoms with Crippen molar-refractivity contribution < 1.29 is 13.9 Å². The zero-order valence-electron chi connectivity index (χ0n) is 24.5. The van der Waals surface area contributed by atoms with Gasteiger partial charge in [-0.15, -0.1) is 5.10 Å². The number of nitrogens with one attached hydrogen (secondary N) is 1. The molecule has 2 atom stereocenters. The average Bonchev–Trinajstić information content (AvgIpc) is 3.39. The number of anilines is 3. The second-order valence-electron chi connectivity index (χ2n) is 10.8. The first-order valence-corrected chi connectivity index (χ1v) is 14.0. The molecule has 0 bridgehead atoms. The van der Waals surface area contributed by atoms with E-state index in [1.165, 1.54) is 12.4 Å². The second-order valence-corrected chi connectivity index (χ2v) is 10.8. The molecular weight excluding hydrogens is 549 g/mol. The number of piperidine rings is 1. The summed E-state index contributed by atoms with van der Waals surface area (Å²) in [5.74, 6) is 1.45. The number of hydrogen-bond acceptors (Lipinski definition) is 9. The average molecular weight is 582 g/mol. The van der Waals surface area contributed by atoms with E-state index >= 15 is 4.39 Å². The quantitative estimate of drug-likeness (QED) is 0.256. The molecule has 3 aromatic heterocycles. The topological polar surface area (TPSA) is 114 Å². The Labute approximate surface area is 248 Å². The van der Waals surface area contributed by atoms with Gasteiger partial charge < -0.3 is 19.9 Å². The van der Waals surface area contributed by atoms with Crippen molar-refractivity contribution in [3.63, 3.8) is 0 Å². The van der Waals surface area contributed by atoms with E-state index in [-0.39, 0.29) is 23.7 Å². The van der Waals surface area contributed by atoms with Gasteiger partial charge in [-0.05, 0) is 69.2 Å². The lowest BCUT2D eigenvalue weighted by atomic mass is 9.98. The Bertz CT molecular complexity index is 1860. The number of carbonyl (C=O) groups is 1. The van der Waals surface area contributed by atoms with Gasteiger partial charge in [0.2, 0.25) is 5.91 Å². The number of rotatable bonds is 7. The normalized spacial score (nSPS) is 16.8. The third kappa shape index (κ3) is 5.31. The van der Waals surface area contributed by atoms with E-state index in [9.17, 15) is 4.79 Å². The number of halogens is 1. The highest BCUT2D eigenvalue weighted by molar-refractivity contribution is 5.89. The smallest absolute Gasteiger partial charge is 0.246 e. The Morgan fingerprint density at radius 2 is 2.00 bits per heavy atom. The van der Waals surface area contributed by atoms with Crippen LogP contribution in [0.5, 0.6) is 11.5 Å². The summed E-state index contributed by atoms with van der Waals surface area (Å²) in [6.07, 6.45) is 4.58. The molecule has 0 unspecified atom stereocenters. The summed E-state index contributed by atoms with van der Waals surface area (Å²) >= 11 is 0. The Kier molecular flexibility index (Phi) is 7.34. The molecule has 11 nitrogen and oxygen atoms in total. The van der Waals surface area contributed by atoms with Crippen LogP contribution in [0.1, 0.15) is 25.3 Å². The maximum absolute atomic E-state index is 15.6. The van der Waals surface area contributed by atoms with Crippen LogP contribution in [-0.4, -0.2) is 66.4 Å². The minimum atomic E-state index is -0.471. The maximum atomic E-state index is 15.6. The molecule has 0 spiro atoms. The summed E-state index contributed by atoms with van der Waals surface area (Å²) < 4.78 is 23.3. The van der Waals surface area contributed by atoms with E-state index in [0.717, 1.165) is 18.4 Å². The fourth-order valence-electron chi connectivity index (χ4n) is 5.45. The Morgan fingerprint density at radius 3 is 2.81 bits per heavy atom. The van der Waals surface area contributed by atoms with Crippen LogP contribution in [0.4, 0.5) is 21.7 Å². The van der Waals surface area contributed by atoms with Gasteiger partial charge in [-0.3, -0.25) is 4.79 Å². The third-order valence-corrected chi connectivity index (χ3v) is 8.09. The molecule has 2 aromatic carbocycles. The number of likely N-dealkylation sites (N-methyl/N-ethyl adjacent to an activating group) is 1. The largest absolute Gasteiger partial charge is 0.457 e. The van der Waals surface area contributed by atoms with Crippen LogP contribution in [0.25, 0.3) is 22.1 Å². The minimum absolute atomic E-state index is 0.0720. The van der Waals surface area contributed by atoms with Crippen molar-refractivity contribution in [2.75, 3.05) is 23.8 Å². The number of amides is 1. The Balaban J connectivity index is 1.25. The van der Waals surface area contributed by atoms with Crippen LogP contribution in [-0.2, 0) is 11.8 Å². The number of benzene rings is 2. The Hall–Kier alpha value is -5.13. The highest BCUT2D eigenvalue weighted by atomic mass is 19.1. The molecule has 1 N–H and O–H groups in total. The summed E-state index contributed by atoms with van der Waals surface area (Å²) in [4.78, 5) is 29.9. The monoisotopic (exact) mass is 581 g/mol. The SMILES string of the molecule is C=CC(=O)N1C[C@@H](N(C)c2ccc3ncnc(Nc4ccc(Oc5ccc6c(c5)nnn6C)c(C)c4F)c3n2)CC[C@@H]1C. The van der Waals surface area contributed by atoms with Crippen molar-refractivity contribution in [1.82, 2.24) is 34.8 Å². The van der Waals surface area contributed by atoms with Gasteiger partial charge in [-0.25, -0.2) is 24.0 Å². The molecule has 0 radical (unpaired) electrons. The van der Waals surface area contributed by atoms with Gasteiger partial charge in [0.1, 0.15) is 34.7 Å². The number of fused-ring (bicyclic) bond motifs is 2. The number of hydrogen-bond donors (Lipinski definition) is 1. The van der Waals surface area contributed by atoms with Crippen LogP contribution >= 0.6 is 0 Å². The fraction of sp³-hybridized carbons (Fsp3) is 0.290. The number of carbonyl (C=O) groups excluding carboxylic acids is 1. The molecule has 1 fully saturated rings. The van der Waals surface area contributed by atoms with Crippen molar-refractivity contribution in [3.8, 4) is 11.5 Å². The summed E-state index contributed by atoms with van der Waals surface area (Å²) in [7, 11) is 3.78.